The number of hydrogen-bond donors (Lipinski definition) is 2. The van der Waals surface area contributed by atoms with E-state index in [1.165, 1.54) is 24.3 Å². The molecule has 0 aliphatic rings. The van der Waals surface area contributed by atoms with Crippen LogP contribution in [0.25, 0.3) is 0 Å². The highest BCUT2D eigenvalue weighted by molar-refractivity contribution is 6.01. The Balaban J connectivity index is 1.98. The normalized spacial score (nSPS) is 11.3. The second kappa shape index (κ2) is 8.61. The van der Waals surface area contributed by atoms with Gasteiger partial charge in [-0.05, 0) is 43.7 Å². The van der Waals surface area contributed by atoms with Crippen molar-refractivity contribution in [2.24, 2.45) is 0 Å². The SMILES string of the molecule is CCC(C)Oc1ccc(C(=O)NNC(=O)c2ccccc2[N+](=O)[O-])cc1. The number of carbonyl (C=O) groups excluding carboxylic acids is 2. The second-order valence-corrected chi connectivity index (χ2v) is 5.54. The van der Waals surface area contributed by atoms with Crippen molar-refractivity contribution in [2.75, 3.05) is 0 Å². The first-order chi connectivity index (χ1) is 12.4. The highest BCUT2D eigenvalue weighted by atomic mass is 16.6. The molecule has 1 unspecified atom stereocenters. The number of amides is 2. The Labute approximate surface area is 150 Å². The van der Waals surface area contributed by atoms with Crippen LogP contribution in [0.1, 0.15) is 41.0 Å². The van der Waals surface area contributed by atoms with Crippen LogP contribution < -0.4 is 15.6 Å². The number of nitrogens with zero attached hydrogens (tertiary/aromatic N) is 1. The lowest BCUT2D eigenvalue weighted by atomic mass is 10.2. The standard InChI is InChI=1S/C18H19N3O5/c1-3-12(2)26-14-10-8-13(9-11-14)17(22)19-20-18(23)15-6-4-5-7-16(15)21(24)25/h4-12H,3H2,1-2H3,(H,19,22)(H,20,23). The van der Waals surface area contributed by atoms with E-state index in [4.69, 9.17) is 4.74 Å². The molecular weight excluding hydrogens is 338 g/mol. The Morgan fingerprint density at radius 2 is 1.69 bits per heavy atom. The molecule has 26 heavy (non-hydrogen) atoms. The zero-order chi connectivity index (χ0) is 19.1. The number of nitro benzene ring substituents is 1. The summed E-state index contributed by atoms with van der Waals surface area (Å²) in [5.41, 5.74) is 4.23. The van der Waals surface area contributed by atoms with Gasteiger partial charge in [0.1, 0.15) is 11.3 Å². The minimum atomic E-state index is -0.776. The number of para-hydroxylation sites is 1. The molecule has 0 aromatic heterocycles. The van der Waals surface area contributed by atoms with Crippen LogP contribution in [-0.4, -0.2) is 22.8 Å². The van der Waals surface area contributed by atoms with E-state index in [1.807, 2.05) is 13.8 Å². The summed E-state index contributed by atoms with van der Waals surface area (Å²) in [5.74, 6) is -0.686. The first-order valence-electron chi connectivity index (χ1n) is 8.03. The van der Waals surface area contributed by atoms with Gasteiger partial charge in [0.25, 0.3) is 17.5 Å². The smallest absolute Gasteiger partial charge is 0.282 e. The zero-order valence-corrected chi connectivity index (χ0v) is 14.4. The Bertz CT molecular complexity index is 805. The van der Waals surface area contributed by atoms with Crippen LogP contribution in [0, 0.1) is 10.1 Å². The third-order valence-electron chi connectivity index (χ3n) is 3.66. The van der Waals surface area contributed by atoms with E-state index in [1.54, 1.807) is 24.3 Å². The summed E-state index contributed by atoms with van der Waals surface area (Å²) in [6.45, 7) is 3.95. The van der Waals surface area contributed by atoms with Crippen LogP contribution in [0.15, 0.2) is 48.5 Å². The van der Waals surface area contributed by atoms with Crippen LogP contribution in [0.3, 0.4) is 0 Å². The van der Waals surface area contributed by atoms with Gasteiger partial charge in [-0.1, -0.05) is 19.1 Å². The maximum absolute atomic E-state index is 12.1. The van der Waals surface area contributed by atoms with Gasteiger partial charge in [-0.2, -0.15) is 0 Å². The van der Waals surface area contributed by atoms with Crippen LogP contribution in [0.2, 0.25) is 0 Å². The molecule has 0 saturated heterocycles. The molecule has 1 atom stereocenters. The minimum absolute atomic E-state index is 0.0654. The second-order valence-electron chi connectivity index (χ2n) is 5.54. The van der Waals surface area contributed by atoms with Crippen LogP contribution >= 0.6 is 0 Å². The summed E-state index contributed by atoms with van der Waals surface area (Å²) < 4.78 is 5.62. The summed E-state index contributed by atoms with van der Waals surface area (Å²) in [6, 6.07) is 11.9. The summed E-state index contributed by atoms with van der Waals surface area (Å²) in [6.07, 6.45) is 0.926. The largest absolute Gasteiger partial charge is 0.491 e. The summed E-state index contributed by atoms with van der Waals surface area (Å²) in [5, 5.41) is 10.9. The van der Waals surface area contributed by atoms with E-state index in [0.29, 0.717) is 11.3 Å². The van der Waals surface area contributed by atoms with Gasteiger partial charge in [-0.15, -0.1) is 0 Å². The van der Waals surface area contributed by atoms with E-state index >= 15 is 0 Å². The summed E-state index contributed by atoms with van der Waals surface area (Å²) in [4.78, 5) is 34.4. The minimum Gasteiger partial charge on any atom is -0.491 e. The van der Waals surface area contributed by atoms with Gasteiger partial charge in [0.05, 0.1) is 11.0 Å². The van der Waals surface area contributed by atoms with Crippen molar-refractivity contribution in [1.82, 2.24) is 10.9 Å². The Hall–Kier alpha value is -3.42. The van der Waals surface area contributed by atoms with Crippen molar-refractivity contribution in [1.29, 1.82) is 0 Å². The highest BCUT2D eigenvalue weighted by Crippen LogP contribution is 2.17. The van der Waals surface area contributed by atoms with E-state index < -0.39 is 16.7 Å². The lowest BCUT2D eigenvalue weighted by Gasteiger charge is -2.13. The number of rotatable bonds is 6. The van der Waals surface area contributed by atoms with Crippen LogP contribution in [0.5, 0.6) is 5.75 Å². The fraction of sp³-hybridized carbons (Fsp3) is 0.222. The summed E-state index contributed by atoms with van der Waals surface area (Å²) in [7, 11) is 0. The van der Waals surface area contributed by atoms with Gasteiger partial charge in [-0.25, -0.2) is 0 Å². The average molecular weight is 357 g/mol. The summed E-state index contributed by atoms with van der Waals surface area (Å²) >= 11 is 0. The Morgan fingerprint density at radius 3 is 2.31 bits per heavy atom. The van der Waals surface area contributed by atoms with Gasteiger partial charge in [0.2, 0.25) is 0 Å². The Kier molecular flexibility index (Phi) is 6.26. The average Bonchev–Trinajstić information content (AvgIpc) is 2.66. The molecule has 136 valence electrons. The van der Waals surface area contributed by atoms with Crippen molar-refractivity contribution in [2.45, 2.75) is 26.4 Å². The quantitative estimate of drug-likeness (QED) is 0.610. The molecule has 0 spiro atoms. The molecule has 8 heteroatoms. The number of nitrogens with one attached hydrogen (secondary N) is 2. The molecule has 2 rings (SSSR count). The number of benzene rings is 2. The number of hydrazine groups is 1. The van der Waals surface area contributed by atoms with E-state index in [9.17, 15) is 19.7 Å². The van der Waals surface area contributed by atoms with Crippen molar-refractivity contribution in [3.63, 3.8) is 0 Å². The molecule has 0 heterocycles. The third kappa shape index (κ3) is 4.79. The number of hydrogen-bond acceptors (Lipinski definition) is 5. The highest BCUT2D eigenvalue weighted by Gasteiger charge is 2.19. The molecule has 0 bridgehead atoms. The fourth-order valence-electron chi connectivity index (χ4n) is 2.08. The van der Waals surface area contributed by atoms with Crippen molar-refractivity contribution < 1.29 is 19.2 Å². The van der Waals surface area contributed by atoms with Crippen molar-refractivity contribution in [3.8, 4) is 5.75 Å². The Morgan fingerprint density at radius 1 is 1.08 bits per heavy atom. The molecule has 0 saturated carbocycles. The van der Waals surface area contributed by atoms with Gasteiger partial charge in [0.15, 0.2) is 0 Å². The maximum atomic E-state index is 12.1. The molecule has 2 amide bonds. The molecule has 0 radical (unpaired) electrons. The predicted octanol–water partition coefficient (Wildman–Crippen LogP) is 2.85. The molecule has 8 nitrogen and oxygen atoms in total. The van der Waals surface area contributed by atoms with Crippen LogP contribution in [0.4, 0.5) is 5.69 Å². The van der Waals surface area contributed by atoms with E-state index in [-0.39, 0.29) is 17.4 Å². The molecule has 0 aliphatic carbocycles. The molecule has 0 aliphatic heterocycles. The topological polar surface area (TPSA) is 111 Å². The van der Waals surface area contributed by atoms with Gasteiger partial charge in [-0.3, -0.25) is 30.6 Å². The molecule has 0 fully saturated rings. The first kappa shape index (κ1) is 18.9. The van der Waals surface area contributed by atoms with Crippen LogP contribution in [-0.2, 0) is 0 Å². The lowest BCUT2D eigenvalue weighted by Crippen LogP contribution is -2.41. The molecule has 2 aromatic rings. The van der Waals surface area contributed by atoms with Crippen molar-refractivity contribution in [3.05, 3.63) is 69.8 Å². The predicted molar refractivity (Wildman–Crippen MR) is 94.9 cm³/mol. The number of carbonyl (C=O) groups is 2. The van der Waals surface area contributed by atoms with Gasteiger partial charge < -0.3 is 4.74 Å². The molecule has 2 N–H and O–H groups in total. The number of nitro groups is 1. The fourth-order valence-corrected chi connectivity index (χ4v) is 2.08. The number of ether oxygens (including phenoxy) is 1. The van der Waals surface area contributed by atoms with Gasteiger partial charge in [0, 0.05) is 11.6 Å². The maximum Gasteiger partial charge on any atom is 0.282 e. The third-order valence-corrected chi connectivity index (χ3v) is 3.66. The molecule has 2 aromatic carbocycles. The first-order valence-corrected chi connectivity index (χ1v) is 8.03. The van der Waals surface area contributed by atoms with E-state index in [2.05, 4.69) is 10.9 Å². The zero-order valence-electron chi connectivity index (χ0n) is 14.4. The van der Waals surface area contributed by atoms with Crippen molar-refractivity contribution >= 4 is 17.5 Å². The molecular formula is C18H19N3O5. The monoisotopic (exact) mass is 357 g/mol. The van der Waals surface area contributed by atoms with E-state index in [0.717, 1.165) is 6.42 Å². The van der Waals surface area contributed by atoms with Gasteiger partial charge >= 0.3 is 0 Å². The lowest BCUT2D eigenvalue weighted by molar-refractivity contribution is -0.385.